The van der Waals surface area contributed by atoms with Gasteiger partial charge in [-0.15, -0.1) is 0 Å². The van der Waals surface area contributed by atoms with Crippen molar-refractivity contribution in [1.29, 1.82) is 0 Å². The molecule has 0 aliphatic rings. The van der Waals surface area contributed by atoms with E-state index in [1.807, 2.05) is 6.92 Å². The van der Waals surface area contributed by atoms with E-state index in [9.17, 15) is 13.2 Å². The van der Waals surface area contributed by atoms with Crippen molar-refractivity contribution in [2.24, 2.45) is 5.73 Å². The zero-order valence-electron chi connectivity index (χ0n) is 11.5. The van der Waals surface area contributed by atoms with Gasteiger partial charge in [-0.25, -0.2) is 0 Å². The highest BCUT2D eigenvalue weighted by molar-refractivity contribution is 5.12. The van der Waals surface area contributed by atoms with Gasteiger partial charge in [-0.05, 0) is 32.5 Å². The molecule has 0 saturated carbocycles. The van der Waals surface area contributed by atoms with Crippen LogP contribution in [-0.2, 0) is 0 Å². The quantitative estimate of drug-likeness (QED) is 0.868. The number of likely N-dealkylation sites (N-methyl/N-ethyl adjacent to an activating group) is 1. The molecule has 3 nitrogen and oxygen atoms in total. The minimum Gasteiger partial charge on any atom is -0.465 e. The minimum absolute atomic E-state index is 0.0956. The van der Waals surface area contributed by atoms with Gasteiger partial charge in [0, 0.05) is 12.6 Å². The van der Waals surface area contributed by atoms with Crippen molar-refractivity contribution in [2.75, 3.05) is 13.6 Å². The molecule has 1 rings (SSSR count). The average molecular weight is 278 g/mol. The summed E-state index contributed by atoms with van der Waals surface area (Å²) in [6.45, 7) is 3.61. The first-order chi connectivity index (χ1) is 8.74. The van der Waals surface area contributed by atoms with Crippen LogP contribution in [0.2, 0.25) is 0 Å². The molecule has 1 aromatic rings. The number of halogens is 3. The summed E-state index contributed by atoms with van der Waals surface area (Å²) >= 11 is 0. The summed E-state index contributed by atoms with van der Waals surface area (Å²) in [5.41, 5.74) is 6.02. The molecule has 0 bridgehead atoms. The second kappa shape index (κ2) is 6.43. The van der Waals surface area contributed by atoms with Crippen LogP contribution >= 0.6 is 0 Å². The molecule has 2 N–H and O–H groups in total. The second-order valence-electron chi connectivity index (χ2n) is 4.81. The van der Waals surface area contributed by atoms with Crippen molar-refractivity contribution >= 4 is 0 Å². The van der Waals surface area contributed by atoms with Crippen LogP contribution in [-0.4, -0.2) is 30.7 Å². The van der Waals surface area contributed by atoms with Crippen molar-refractivity contribution in [1.82, 2.24) is 4.90 Å². The molecule has 0 spiro atoms. The molecule has 0 aromatic carbocycles. The molecule has 0 radical (unpaired) electrons. The van der Waals surface area contributed by atoms with Crippen LogP contribution in [0.1, 0.15) is 37.3 Å². The van der Waals surface area contributed by atoms with Crippen LogP contribution in [0.5, 0.6) is 0 Å². The third kappa shape index (κ3) is 4.87. The van der Waals surface area contributed by atoms with Gasteiger partial charge in [-0.1, -0.05) is 6.92 Å². The van der Waals surface area contributed by atoms with E-state index in [0.29, 0.717) is 12.2 Å². The summed E-state index contributed by atoms with van der Waals surface area (Å²) in [4.78, 5) is 1.61. The lowest BCUT2D eigenvalue weighted by atomic mass is 10.0. The van der Waals surface area contributed by atoms with Crippen LogP contribution in [0.3, 0.4) is 0 Å². The zero-order chi connectivity index (χ0) is 14.6. The van der Waals surface area contributed by atoms with E-state index >= 15 is 0 Å². The standard InChI is InChI=1S/C13H21F3N2O/c1-4-10(17)12(11-6-5-9(2)19-11)18(3)8-7-13(14,15)16/h5-6,10,12H,4,7-8,17H2,1-3H3. The molecular weight excluding hydrogens is 257 g/mol. The number of alkyl halides is 3. The van der Waals surface area contributed by atoms with Gasteiger partial charge in [-0.3, -0.25) is 4.90 Å². The Balaban J connectivity index is 2.80. The first-order valence-electron chi connectivity index (χ1n) is 6.33. The van der Waals surface area contributed by atoms with Crippen molar-refractivity contribution in [3.63, 3.8) is 0 Å². The number of nitrogens with zero attached hydrogens (tertiary/aromatic N) is 1. The lowest BCUT2D eigenvalue weighted by Crippen LogP contribution is -2.40. The van der Waals surface area contributed by atoms with Gasteiger partial charge < -0.3 is 10.2 Å². The molecule has 110 valence electrons. The number of rotatable bonds is 6. The fourth-order valence-electron chi connectivity index (χ4n) is 2.03. The summed E-state index contributed by atoms with van der Waals surface area (Å²) in [7, 11) is 1.64. The molecule has 0 saturated heterocycles. The van der Waals surface area contributed by atoms with Gasteiger partial charge in [0.15, 0.2) is 0 Å². The van der Waals surface area contributed by atoms with Crippen LogP contribution < -0.4 is 5.73 Å². The van der Waals surface area contributed by atoms with Crippen molar-refractivity contribution in [3.05, 3.63) is 23.7 Å². The molecule has 0 aliphatic heterocycles. The third-order valence-corrected chi connectivity index (χ3v) is 3.15. The molecule has 0 aliphatic carbocycles. The Morgan fingerprint density at radius 1 is 1.37 bits per heavy atom. The Bertz CT molecular complexity index is 389. The maximum atomic E-state index is 12.3. The van der Waals surface area contributed by atoms with Gasteiger partial charge in [0.25, 0.3) is 0 Å². The smallest absolute Gasteiger partial charge is 0.390 e. The van der Waals surface area contributed by atoms with E-state index in [-0.39, 0.29) is 18.6 Å². The summed E-state index contributed by atoms with van der Waals surface area (Å²) < 4.78 is 42.4. The highest BCUT2D eigenvalue weighted by Gasteiger charge is 2.31. The predicted molar refractivity (Wildman–Crippen MR) is 67.8 cm³/mol. The lowest BCUT2D eigenvalue weighted by molar-refractivity contribution is -0.138. The number of hydrogen-bond donors (Lipinski definition) is 1. The Labute approximate surface area is 111 Å². The Hall–Kier alpha value is -1.01. The molecule has 1 aromatic heterocycles. The number of nitrogens with two attached hydrogens (primary N) is 1. The average Bonchev–Trinajstić information content (AvgIpc) is 2.72. The molecule has 2 atom stereocenters. The Morgan fingerprint density at radius 3 is 2.42 bits per heavy atom. The molecular formula is C13H21F3N2O. The minimum atomic E-state index is -4.16. The fraction of sp³-hybridized carbons (Fsp3) is 0.692. The first-order valence-corrected chi connectivity index (χ1v) is 6.33. The Morgan fingerprint density at radius 2 is 2.00 bits per heavy atom. The van der Waals surface area contributed by atoms with Crippen molar-refractivity contribution < 1.29 is 17.6 Å². The maximum absolute atomic E-state index is 12.3. The maximum Gasteiger partial charge on any atom is 0.390 e. The molecule has 1 heterocycles. The highest BCUT2D eigenvalue weighted by atomic mass is 19.4. The topological polar surface area (TPSA) is 42.4 Å². The van der Waals surface area contributed by atoms with Crippen molar-refractivity contribution in [3.8, 4) is 0 Å². The van der Waals surface area contributed by atoms with Crippen LogP contribution in [0, 0.1) is 6.92 Å². The normalized spacial score (nSPS) is 15.8. The zero-order valence-corrected chi connectivity index (χ0v) is 11.5. The molecule has 2 unspecified atom stereocenters. The molecule has 6 heteroatoms. The number of furan rings is 1. The van der Waals surface area contributed by atoms with E-state index < -0.39 is 12.6 Å². The molecule has 19 heavy (non-hydrogen) atoms. The van der Waals surface area contributed by atoms with Crippen LogP contribution in [0.25, 0.3) is 0 Å². The monoisotopic (exact) mass is 278 g/mol. The molecule has 0 fully saturated rings. The summed E-state index contributed by atoms with van der Waals surface area (Å²) in [5, 5.41) is 0. The summed E-state index contributed by atoms with van der Waals surface area (Å²) in [6.07, 6.45) is -4.34. The van der Waals surface area contributed by atoms with Gasteiger partial charge in [-0.2, -0.15) is 13.2 Å². The van der Waals surface area contributed by atoms with Crippen LogP contribution in [0.15, 0.2) is 16.5 Å². The number of hydrogen-bond acceptors (Lipinski definition) is 3. The van der Waals surface area contributed by atoms with E-state index in [0.717, 1.165) is 5.76 Å². The third-order valence-electron chi connectivity index (χ3n) is 3.15. The first kappa shape index (κ1) is 16.0. The van der Waals surface area contributed by atoms with E-state index in [2.05, 4.69) is 0 Å². The number of aryl methyl sites for hydroxylation is 1. The summed E-state index contributed by atoms with van der Waals surface area (Å²) in [6, 6.07) is 2.98. The van der Waals surface area contributed by atoms with E-state index in [1.165, 1.54) is 0 Å². The lowest BCUT2D eigenvalue weighted by Gasteiger charge is -2.31. The van der Waals surface area contributed by atoms with Crippen LogP contribution in [0.4, 0.5) is 13.2 Å². The largest absolute Gasteiger partial charge is 0.465 e. The molecule has 0 amide bonds. The van der Waals surface area contributed by atoms with E-state index in [4.69, 9.17) is 10.2 Å². The van der Waals surface area contributed by atoms with Crippen molar-refractivity contribution in [2.45, 2.75) is 44.9 Å². The Kier molecular flexibility index (Phi) is 5.43. The fourth-order valence-corrected chi connectivity index (χ4v) is 2.03. The van der Waals surface area contributed by atoms with Gasteiger partial charge in [0.05, 0.1) is 12.5 Å². The predicted octanol–water partition coefficient (Wildman–Crippen LogP) is 3.25. The van der Waals surface area contributed by atoms with Gasteiger partial charge in [0.1, 0.15) is 11.5 Å². The van der Waals surface area contributed by atoms with E-state index in [1.54, 1.807) is 31.0 Å². The highest BCUT2D eigenvalue weighted by Crippen LogP contribution is 2.28. The van der Waals surface area contributed by atoms with Gasteiger partial charge >= 0.3 is 6.18 Å². The summed E-state index contributed by atoms with van der Waals surface area (Å²) in [5.74, 6) is 1.35. The van der Waals surface area contributed by atoms with Gasteiger partial charge in [0.2, 0.25) is 0 Å². The second-order valence-corrected chi connectivity index (χ2v) is 4.81. The SMILES string of the molecule is CCC(N)C(c1ccc(C)o1)N(C)CCC(F)(F)F.